The van der Waals surface area contributed by atoms with Gasteiger partial charge in [0.25, 0.3) is 0 Å². The van der Waals surface area contributed by atoms with Crippen LogP contribution in [0, 0.1) is 30.6 Å². The molecule has 4 heteroatoms. The van der Waals surface area contributed by atoms with Crippen molar-refractivity contribution in [2.75, 3.05) is 5.32 Å². The summed E-state index contributed by atoms with van der Waals surface area (Å²) in [6, 6.07) is 6.26. The van der Waals surface area contributed by atoms with Gasteiger partial charge in [-0.3, -0.25) is 4.79 Å². The number of hydrogen-bond acceptors (Lipinski definition) is 2. The molecule has 20 heavy (non-hydrogen) atoms. The van der Waals surface area contributed by atoms with Gasteiger partial charge >= 0.3 is 0 Å². The maximum Gasteiger partial charge on any atom is 0.244 e. The second-order valence-electron chi connectivity index (χ2n) is 5.65. The Labute approximate surface area is 128 Å². The smallest absolute Gasteiger partial charge is 0.244 e. The summed E-state index contributed by atoms with van der Waals surface area (Å²) in [6.45, 7) is 3.98. The third-order valence-corrected chi connectivity index (χ3v) is 4.65. The van der Waals surface area contributed by atoms with E-state index in [-0.39, 0.29) is 5.91 Å². The van der Waals surface area contributed by atoms with Crippen LogP contribution in [0.15, 0.2) is 16.6 Å². The van der Waals surface area contributed by atoms with Gasteiger partial charge < -0.3 is 5.32 Å². The minimum Gasteiger partial charge on any atom is -0.323 e. The summed E-state index contributed by atoms with van der Waals surface area (Å²) in [5, 5.41) is 12.4. The summed E-state index contributed by atoms with van der Waals surface area (Å²) in [5.74, 6) is -0.160. The number of anilines is 1. The van der Waals surface area contributed by atoms with Gasteiger partial charge in [0.15, 0.2) is 0 Å². The van der Waals surface area contributed by atoms with E-state index in [2.05, 4.69) is 27.3 Å². The van der Waals surface area contributed by atoms with Crippen LogP contribution in [0.5, 0.6) is 0 Å². The van der Waals surface area contributed by atoms with E-state index in [0.717, 1.165) is 40.5 Å². The van der Waals surface area contributed by atoms with Crippen LogP contribution in [0.4, 0.5) is 5.69 Å². The van der Waals surface area contributed by atoms with Crippen LogP contribution in [-0.2, 0) is 4.79 Å². The standard InChI is InChI=1S/C16H19BrN2O/c1-11-8-12(2)14(13(17)9-11)19-15(20)16(10-18)6-4-3-5-7-16/h8-9H,3-7H2,1-2H3,(H,19,20). The molecule has 0 bridgehead atoms. The molecule has 0 radical (unpaired) electrons. The van der Waals surface area contributed by atoms with E-state index >= 15 is 0 Å². The van der Waals surface area contributed by atoms with E-state index in [9.17, 15) is 10.1 Å². The van der Waals surface area contributed by atoms with Crippen molar-refractivity contribution in [2.24, 2.45) is 5.41 Å². The van der Waals surface area contributed by atoms with Crippen molar-refractivity contribution in [3.8, 4) is 6.07 Å². The van der Waals surface area contributed by atoms with E-state index in [1.807, 2.05) is 26.0 Å². The minimum absolute atomic E-state index is 0.160. The fraction of sp³-hybridized carbons (Fsp3) is 0.500. The number of hydrogen-bond donors (Lipinski definition) is 1. The predicted molar refractivity (Wildman–Crippen MR) is 83.4 cm³/mol. The molecule has 0 unspecified atom stereocenters. The Bertz CT molecular complexity index is 545. The molecule has 2 rings (SSSR count). The van der Waals surface area contributed by atoms with Gasteiger partial charge in [-0.2, -0.15) is 5.26 Å². The van der Waals surface area contributed by atoms with E-state index in [4.69, 9.17) is 0 Å². The number of carbonyl (C=O) groups excluding carboxylic acids is 1. The van der Waals surface area contributed by atoms with E-state index in [1.54, 1.807) is 0 Å². The van der Waals surface area contributed by atoms with Gasteiger partial charge in [-0.05, 0) is 59.8 Å². The van der Waals surface area contributed by atoms with Gasteiger partial charge in [-0.25, -0.2) is 0 Å². The Morgan fingerprint density at radius 2 is 1.95 bits per heavy atom. The van der Waals surface area contributed by atoms with Gasteiger partial charge in [-0.15, -0.1) is 0 Å². The largest absolute Gasteiger partial charge is 0.323 e. The number of carbonyl (C=O) groups is 1. The number of benzene rings is 1. The van der Waals surface area contributed by atoms with Gasteiger partial charge in [-0.1, -0.05) is 25.3 Å². The minimum atomic E-state index is -0.852. The van der Waals surface area contributed by atoms with E-state index in [1.165, 1.54) is 0 Å². The van der Waals surface area contributed by atoms with Crippen LogP contribution in [0.3, 0.4) is 0 Å². The average Bonchev–Trinajstić information content (AvgIpc) is 2.43. The number of aryl methyl sites for hydroxylation is 2. The van der Waals surface area contributed by atoms with E-state index < -0.39 is 5.41 Å². The maximum atomic E-state index is 12.6. The van der Waals surface area contributed by atoms with Gasteiger partial charge in [0.1, 0.15) is 5.41 Å². The van der Waals surface area contributed by atoms with Crippen molar-refractivity contribution in [2.45, 2.75) is 46.0 Å². The molecule has 1 saturated carbocycles. The SMILES string of the molecule is Cc1cc(C)c(NC(=O)C2(C#N)CCCCC2)c(Br)c1. The lowest BCUT2D eigenvalue weighted by molar-refractivity contribution is -0.124. The fourth-order valence-corrected chi connectivity index (χ4v) is 3.63. The zero-order valence-electron chi connectivity index (χ0n) is 11.9. The van der Waals surface area contributed by atoms with Crippen molar-refractivity contribution in [3.63, 3.8) is 0 Å². The summed E-state index contributed by atoms with van der Waals surface area (Å²) in [6.07, 6.45) is 4.35. The zero-order chi connectivity index (χ0) is 14.8. The molecule has 1 aromatic rings. The first-order chi connectivity index (χ1) is 9.48. The quantitative estimate of drug-likeness (QED) is 0.866. The highest BCUT2D eigenvalue weighted by Gasteiger charge is 2.40. The van der Waals surface area contributed by atoms with Crippen molar-refractivity contribution in [1.82, 2.24) is 0 Å². The normalized spacial score (nSPS) is 17.3. The van der Waals surface area contributed by atoms with Crippen LogP contribution in [-0.4, -0.2) is 5.91 Å². The molecule has 1 aromatic carbocycles. The van der Waals surface area contributed by atoms with Crippen molar-refractivity contribution in [1.29, 1.82) is 5.26 Å². The number of nitrogens with zero attached hydrogens (tertiary/aromatic N) is 1. The predicted octanol–water partition coefficient (Wildman–Crippen LogP) is 4.48. The van der Waals surface area contributed by atoms with Gasteiger partial charge in [0, 0.05) is 4.47 Å². The lowest BCUT2D eigenvalue weighted by Gasteiger charge is -2.29. The molecule has 1 fully saturated rings. The number of halogens is 1. The lowest BCUT2D eigenvalue weighted by Crippen LogP contribution is -2.37. The number of nitrogens with one attached hydrogen (secondary N) is 1. The van der Waals surface area contributed by atoms with Crippen LogP contribution < -0.4 is 5.32 Å². The molecular weight excluding hydrogens is 316 g/mol. The summed E-state index contributed by atoms with van der Waals surface area (Å²) in [5.41, 5.74) is 2.07. The van der Waals surface area contributed by atoms with Crippen LogP contribution >= 0.6 is 15.9 Å². The molecule has 3 nitrogen and oxygen atoms in total. The molecule has 0 atom stereocenters. The first kappa shape index (κ1) is 15.1. The van der Waals surface area contributed by atoms with Crippen molar-refractivity contribution in [3.05, 3.63) is 27.7 Å². The molecule has 1 N–H and O–H groups in total. The summed E-state index contributed by atoms with van der Waals surface area (Å²) in [4.78, 5) is 12.6. The third kappa shape index (κ3) is 2.88. The Morgan fingerprint density at radius 3 is 2.50 bits per heavy atom. The first-order valence-corrected chi connectivity index (χ1v) is 7.77. The van der Waals surface area contributed by atoms with Crippen LogP contribution in [0.1, 0.15) is 43.2 Å². The molecule has 106 valence electrons. The Hall–Kier alpha value is -1.34. The number of amides is 1. The molecule has 1 aliphatic rings. The van der Waals surface area contributed by atoms with Crippen molar-refractivity contribution < 1.29 is 4.79 Å². The summed E-state index contributed by atoms with van der Waals surface area (Å²) < 4.78 is 0.868. The number of rotatable bonds is 2. The molecule has 0 aliphatic heterocycles. The topological polar surface area (TPSA) is 52.9 Å². The molecular formula is C16H19BrN2O. The number of nitriles is 1. The Morgan fingerprint density at radius 1 is 1.30 bits per heavy atom. The lowest BCUT2D eigenvalue weighted by atomic mass is 9.74. The Kier molecular flexibility index (Phi) is 4.49. The fourth-order valence-electron chi connectivity index (χ4n) is 2.85. The molecule has 0 saturated heterocycles. The molecule has 0 heterocycles. The first-order valence-electron chi connectivity index (χ1n) is 6.98. The maximum absolute atomic E-state index is 12.6. The second kappa shape index (κ2) is 5.97. The van der Waals surface area contributed by atoms with Crippen molar-refractivity contribution >= 4 is 27.5 Å². The Balaban J connectivity index is 2.26. The third-order valence-electron chi connectivity index (χ3n) is 4.03. The van der Waals surface area contributed by atoms with Gasteiger partial charge in [0.2, 0.25) is 5.91 Å². The molecule has 0 spiro atoms. The average molecular weight is 335 g/mol. The highest BCUT2D eigenvalue weighted by molar-refractivity contribution is 9.10. The van der Waals surface area contributed by atoms with Gasteiger partial charge in [0.05, 0.1) is 11.8 Å². The van der Waals surface area contributed by atoms with Crippen LogP contribution in [0.2, 0.25) is 0 Å². The zero-order valence-corrected chi connectivity index (χ0v) is 13.5. The molecule has 1 aliphatic carbocycles. The monoisotopic (exact) mass is 334 g/mol. The molecule has 1 amide bonds. The van der Waals surface area contributed by atoms with Crippen LogP contribution in [0.25, 0.3) is 0 Å². The highest BCUT2D eigenvalue weighted by Crippen LogP contribution is 2.38. The summed E-state index contributed by atoms with van der Waals surface area (Å²) >= 11 is 3.49. The summed E-state index contributed by atoms with van der Waals surface area (Å²) in [7, 11) is 0. The molecule has 0 aromatic heterocycles. The highest BCUT2D eigenvalue weighted by atomic mass is 79.9. The second-order valence-corrected chi connectivity index (χ2v) is 6.50. The van der Waals surface area contributed by atoms with E-state index in [0.29, 0.717) is 12.8 Å².